The highest BCUT2D eigenvalue weighted by Gasteiger charge is 2.14. The third kappa shape index (κ3) is 4.46. The molecular weight excluding hydrogens is 252 g/mol. The minimum absolute atomic E-state index is 0.117. The SMILES string of the molecule is CC(=O)NCc1ccc(S(=O)(=O)NC(C)C)cc1. The third-order valence-corrected chi connectivity index (χ3v) is 3.84. The average molecular weight is 270 g/mol. The fraction of sp³-hybridized carbons (Fsp3) is 0.417. The van der Waals surface area contributed by atoms with Gasteiger partial charge in [-0.1, -0.05) is 12.1 Å². The first-order valence-electron chi connectivity index (χ1n) is 5.67. The third-order valence-electron chi connectivity index (χ3n) is 2.17. The Kier molecular flexibility index (Phi) is 4.86. The standard InChI is InChI=1S/C12H18N2O3S/c1-9(2)14-18(16,17)12-6-4-11(5-7-12)8-13-10(3)15/h4-7,9,14H,8H2,1-3H3,(H,13,15). The van der Waals surface area contributed by atoms with Gasteiger partial charge in [0.2, 0.25) is 15.9 Å². The van der Waals surface area contributed by atoms with Crippen LogP contribution >= 0.6 is 0 Å². The predicted octanol–water partition coefficient (Wildman–Crippen LogP) is 1.01. The molecule has 1 aromatic rings. The molecule has 0 heterocycles. The minimum atomic E-state index is -3.44. The molecule has 0 atom stereocenters. The molecule has 0 unspecified atom stereocenters. The van der Waals surface area contributed by atoms with Crippen molar-refractivity contribution in [3.63, 3.8) is 0 Å². The van der Waals surface area contributed by atoms with Gasteiger partial charge in [0.25, 0.3) is 0 Å². The first-order valence-corrected chi connectivity index (χ1v) is 7.15. The molecule has 0 aromatic heterocycles. The maximum absolute atomic E-state index is 11.8. The topological polar surface area (TPSA) is 75.3 Å². The molecule has 6 heteroatoms. The Bertz CT molecular complexity index is 507. The summed E-state index contributed by atoms with van der Waals surface area (Å²) < 4.78 is 26.2. The number of benzene rings is 1. The molecule has 100 valence electrons. The van der Waals surface area contributed by atoms with Crippen LogP contribution in [0.25, 0.3) is 0 Å². The number of sulfonamides is 1. The molecule has 1 amide bonds. The molecule has 0 aliphatic rings. The summed E-state index contributed by atoms with van der Waals surface area (Å²) in [5.74, 6) is -0.117. The first-order chi connectivity index (χ1) is 8.31. The Morgan fingerprint density at radius 2 is 1.78 bits per heavy atom. The highest BCUT2D eigenvalue weighted by Crippen LogP contribution is 2.11. The van der Waals surface area contributed by atoms with Crippen LogP contribution in [0.1, 0.15) is 26.3 Å². The second-order valence-corrected chi connectivity index (χ2v) is 6.04. The van der Waals surface area contributed by atoms with Crippen molar-refractivity contribution >= 4 is 15.9 Å². The lowest BCUT2D eigenvalue weighted by atomic mass is 10.2. The number of hydrogen-bond acceptors (Lipinski definition) is 3. The Hall–Kier alpha value is -1.40. The molecule has 1 rings (SSSR count). The fourth-order valence-electron chi connectivity index (χ4n) is 1.39. The van der Waals surface area contributed by atoms with Crippen LogP contribution in [0.4, 0.5) is 0 Å². The van der Waals surface area contributed by atoms with Crippen LogP contribution in [0.5, 0.6) is 0 Å². The van der Waals surface area contributed by atoms with Crippen LogP contribution in [0.2, 0.25) is 0 Å². The number of carbonyl (C=O) groups is 1. The normalized spacial score (nSPS) is 11.6. The van der Waals surface area contributed by atoms with Gasteiger partial charge in [0, 0.05) is 19.5 Å². The summed E-state index contributed by atoms with van der Waals surface area (Å²) in [5.41, 5.74) is 0.855. The lowest BCUT2D eigenvalue weighted by Gasteiger charge is -2.10. The van der Waals surface area contributed by atoms with Gasteiger partial charge in [-0.2, -0.15) is 0 Å². The molecule has 0 radical (unpaired) electrons. The molecule has 0 saturated carbocycles. The van der Waals surface area contributed by atoms with Gasteiger partial charge in [0.05, 0.1) is 4.90 Å². The molecule has 0 aliphatic heterocycles. The van der Waals surface area contributed by atoms with Crippen molar-refractivity contribution in [3.8, 4) is 0 Å². The van der Waals surface area contributed by atoms with Crippen molar-refractivity contribution in [2.45, 2.75) is 38.3 Å². The summed E-state index contributed by atoms with van der Waals surface area (Å²) in [4.78, 5) is 11.0. The summed E-state index contributed by atoms with van der Waals surface area (Å²) in [5, 5.41) is 2.65. The minimum Gasteiger partial charge on any atom is -0.352 e. The highest BCUT2D eigenvalue weighted by molar-refractivity contribution is 7.89. The van der Waals surface area contributed by atoms with Gasteiger partial charge in [-0.3, -0.25) is 4.79 Å². The van der Waals surface area contributed by atoms with Gasteiger partial charge in [-0.05, 0) is 31.5 Å². The Morgan fingerprint density at radius 1 is 1.22 bits per heavy atom. The molecule has 1 aromatic carbocycles. The van der Waals surface area contributed by atoms with E-state index in [4.69, 9.17) is 0 Å². The second kappa shape index (κ2) is 5.97. The molecule has 2 N–H and O–H groups in total. The van der Waals surface area contributed by atoms with Crippen LogP contribution in [0.15, 0.2) is 29.2 Å². The van der Waals surface area contributed by atoms with Gasteiger partial charge in [-0.25, -0.2) is 13.1 Å². The molecular formula is C12H18N2O3S. The summed E-state index contributed by atoms with van der Waals surface area (Å²) in [6.45, 7) is 5.37. The number of nitrogens with one attached hydrogen (secondary N) is 2. The van der Waals surface area contributed by atoms with E-state index in [2.05, 4.69) is 10.0 Å². The zero-order valence-corrected chi connectivity index (χ0v) is 11.5. The number of rotatable bonds is 5. The summed E-state index contributed by atoms with van der Waals surface area (Å²) in [6.07, 6.45) is 0. The summed E-state index contributed by atoms with van der Waals surface area (Å²) >= 11 is 0. The van der Waals surface area contributed by atoms with E-state index in [0.29, 0.717) is 6.54 Å². The average Bonchev–Trinajstić information content (AvgIpc) is 2.25. The zero-order valence-electron chi connectivity index (χ0n) is 10.7. The van der Waals surface area contributed by atoms with Crippen molar-refractivity contribution in [2.75, 3.05) is 0 Å². The first kappa shape index (κ1) is 14.7. The monoisotopic (exact) mass is 270 g/mol. The van der Waals surface area contributed by atoms with E-state index in [-0.39, 0.29) is 16.8 Å². The van der Waals surface area contributed by atoms with Crippen LogP contribution in [-0.4, -0.2) is 20.4 Å². The van der Waals surface area contributed by atoms with E-state index in [0.717, 1.165) is 5.56 Å². The fourth-order valence-corrected chi connectivity index (χ4v) is 2.64. The summed E-state index contributed by atoms with van der Waals surface area (Å²) in [6, 6.07) is 6.29. The van der Waals surface area contributed by atoms with E-state index < -0.39 is 10.0 Å². The molecule has 0 bridgehead atoms. The van der Waals surface area contributed by atoms with E-state index >= 15 is 0 Å². The maximum Gasteiger partial charge on any atom is 0.240 e. The summed E-state index contributed by atoms with van der Waals surface area (Å²) in [7, 11) is -3.44. The van der Waals surface area contributed by atoms with E-state index in [1.807, 2.05) is 0 Å². The number of amides is 1. The molecule has 18 heavy (non-hydrogen) atoms. The van der Waals surface area contributed by atoms with Crippen molar-refractivity contribution in [1.82, 2.24) is 10.0 Å². The Morgan fingerprint density at radius 3 is 2.22 bits per heavy atom. The molecule has 0 aliphatic carbocycles. The van der Waals surface area contributed by atoms with Crippen molar-refractivity contribution in [2.24, 2.45) is 0 Å². The van der Waals surface area contributed by atoms with Gasteiger partial charge in [-0.15, -0.1) is 0 Å². The molecule has 5 nitrogen and oxygen atoms in total. The van der Waals surface area contributed by atoms with E-state index in [1.54, 1.807) is 26.0 Å². The maximum atomic E-state index is 11.8. The van der Waals surface area contributed by atoms with Crippen LogP contribution in [0, 0.1) is 0 Å². The van der Waals surface area contributed by atoms with Crippen LogP contribution < -0.4 is 10.0 Å². The predicted molar refractivity (Wildman–Crippen MR) is 69.4 cm³/mol. The lowest BCUT2D eigenvalue weighted by Crippen LogP contribution is -2.30. The van der Waals surface area contributed by atoms with Gasteiger partial charge < -0.3 is 5.32 Å². The Balaban J connectivity index is 2.79. The van der Waals surface area contributed by atoms with Crippen LogP contribution in [0.3, 0.4) is 0 Å². The van der Waals surface area contributed by atoms with Gasteiger partial charge in [0.1, 0.15) is 0 Å². The van der Waals surface area contributed by atoms with Crippen molar-refractivity contribution in [3.05, 3.63) is 29.8 Å². The quantitative estimate of drug-likeness (QED) is 0.838. The lowest BCUT2D eigenvalue weighted by molar-refractivity contribution is -0.119. The zero-order chi connectivity index (χ0) is 13.8. The smallest absolute Gasteiger partial charge is 0.240 e. The number of hydrogen-bond donors (Lipinski definition) is 2. The van der Waals surface area contributed by atoms with E-state index in [9.17, 15) is 13.2 Å². The van der Waals surface area contributed by atoms with Gasteiger partial charge >= 0.3 is 0 Å². The Labute approximate surface area is 108 Å². The van der Waals surface area contributed by atoms with Crippen molar-refractivity contribution in [1.29, 1.82) is 0 Å². The molecule has 0 saturated heterocycles. The van der Waals surface area contributed by atoms with Crippen LogP contribution in [-0.2, 0) is 21.4 Å². The largest absolute Gasteiger partial charge is 0.352 e. The number of carbonyl (C=O) groups excluding carboxylic acids is 1. The van der Waals surface area contributed by atoms with E-state index in [1.165, 1.54) is 19.1 Å². The highest BCUT2D eigenvalue weighted by atomic mass is 32.2. The van der Waals surface area contributed by atoms with Crippen molar-refractivity contribution < 1.29 is 13.2 Å². The van der Waals surface area contributed by atoms with Gasteiger partial charge in [0.15, 0.2) is 0 Å². The molecule has 0 spiro atoms. The second-order valence-electron chi connectivity index (χ2n) is 4.33. The molecule has 0 fully saturated rings.